The number of carbonyl (C=O) groups excluding carboxylic acids is 1. The molecule has 0 unspecified atom stereocenters. The van der Waals surface area contributed by atoms with Crippen LogP contribution < -0.4 is 14.5 Å². The van der Waals surface area contributed by atoms with Crippen molar-refractivity contribution in [3.63, 3.8) is 0 Å². The van der Waals surface area contributed by atoms with Crippen LogP contribution in [0.15, 0.2) is 28.8 Å². The number of rotatable bonds is 4. The fourth-order valence-corrected chi connectivity index (χ4v) is 1.41. The standard InChI is InChI=1S/C11H10N2O4/c1-16-9-4-2-8(3-5-9)6-13-10(7-14)11(15)17-12-13/h2-5,7H,6H2,1H3. The van der Waals surface area contributed by atoms with Crippen LogP contribution in [0.5, 0.6) is 11.7 Å². The van der Waals surface area contributed by atoms with Crippen LogP contribution in [0.25, 0.3) is 0 Å². The van der Waals surface area contributed by atoms with Crippen molar-refractivity contribution < 1.29 is 23.8 Å². The summed E-state index contributed by atoms with van der Waals surface area (Å²) in [5, 5.41) is 14.6. The second-order valence-electron chi connectivity index (χ2n) is 3.37. The van der Waals surface area contributed by atoms with E-state index in [2.05, 4.69) is 9.79 Å². The van der Waals surface area contributed by atoms with E-state index >= 15 is 0 Å². The predicted octanol–water partition coefficient (Wildman–Crippen LogP) is -0.0949. The summed E-state index contributed by atoms with van der Waals surface area (Å²) in [6.07, 6.45) is 0.433. The van der Waals surface area contributed by atoms with Crippen molar-refractivity contribution in [1.29, 1.82) is 0 Å². The Morgan fingerprint density at radius 3 is 2.76 bits per heavy atom. The predicted molar refractivity (Wildman–Crippen MR) is 53.6 cm³/mol. The number of hydrogen-bond donors (Lipinski definition) is 0. The van der Waals surface area contributed by atoms with Gasteiger partial charge in [0, 0.05) is 5.56 Å². The Morgan fingerprint density at radius 2 is 2.18 bits per heavy atom. The first kappa shape index (κ1) is 11.1. The summed E-state index contributed by atoms with van der Waals surface area (Å²) in [6.45, 7) is 0.295. The Labute approximate surface area is 97.0 Å². The zero-order chi connectivity index (χ0) is 12.3. The molecule has 6 nitrogen and oxygen atoms in total. The molecule has 2 aromatic rings. The summed E-state index contributed by atoms with van der Waals surface area (Å²) in [6, 6.07) is 7.21. The van der Waals surface area contributed by atoms with Gasteiger partial charge in [-0.25, -0.2) is 0 Å². The quantitative estimate of drug-likeness (QED) is 0.545. The Hall–Kier alpha value is -2.37. The van der Waals surface area contributed by atoms with Gasteiger partial charge in [-0.05, 0) is 24.3 Å². The van der Waals surface area contributed by atoms with Crippen molar-refractivity contribution in [2.24, 2.45) is 0 Å². The van der Waals surface area contributed by atoms with E-state index in [0.717, 1.165) is 11.3 Å². The molecule has 0 radical (unpaired) electrons. The van der Waals surface area contributed by atoms with Gasteiger partial charge in [0.1, 0.15) is 5.75 Å². The zero-order valence-electron chi connectivity index (χ0n) is 9.12. The molecule has 0 aliphatic rings. The molecule has 0 aliphatic heterocycles. The van der Waals surface area contributed by atoms with Gasteiger partial charge in [0.25, 0.3) is 5.69 Å². The molecule has 17 heavy (non-hydrogen) atoms. The molecule has 0 saturated carbocycles. The van der Waals surface area contributed by atoms with Gasteiger partial charge < -0.3 is 14.4 Å². The van der Waals surface area contributed by atoms with Crippen molar-refractivity contribution in [1.82, 2.24) is 5.27 Å². The van der Waals surface area contributed by atoms with Crippen LogP contribution >= 0.6 is 0 Å². The molecule has 0 aliphatic carbocycles. The first-order chi connectivity index (χ1) is 8.24. The molecule has 0 atom stereocenters. The molecule has 1 aromatic heterocycles. The second kappa shape index (κ2) is 4.65. The van der Waals surface area contributed by atoms with E-state index in [4.69, 9.17) is 4.74 Å². The molecule has 0 fully saturated rings. The lowest BCUT2D eigenvalue weighted by Gasteiger charge is -1.99. The highest BCUT2D eigenvalue weighted by Crippen LogP contribution is 2.11. The molecule has 1 aromatic carbocycles. The molecule has 88 valence electrons. The number of carbonyl (C=O) groups is 1. The Morgan fingerprint density at radius 1 is 1.47 bits per heavy atom. The van der Waals surface area contributed by atoms with Gasteiger partial charge in [-0.3, -0.25) is 4.79 Å². The van der Waals surface area contributed by atoms with Crippen molar-refractivity contribution in [2.45, 2.75) is 6.54 Å². The summed E-state index contributed by atoms with van der Waals surface area (Å²) in [5.74, 6) is 0.00698. The molecular formula is C11H10N2O4. The fraction of sp³-hybridized carbons (Fsp3) is 0.182. The molecule has 0 saturated heterocycles. The van der Waals surface area contributed by atoms with Crippen molar-refractivity contribution in [3.05, 3.63) is 35.5 Å². The molecule has 0 spiro atoms. The van der Waals surface area contributed by atoms with Crippen LogP contribution in [0.4, 0.5) is 0 Å². The number of ether oxygens (including phenoxy) is 1. The van der Waals surface area contributed by atoms with Crippen LogP contribution in [0, 0.1) is 0 Å². The van der Waals surface area contributed by atoms with Crippen LogP contribution in [0.2, 0.25) is 0 Å². The van der Waals surface area contributed by atoms with E-state index in [1.807, 2.05) is 12.1 Å². The molecular weight excluding hydrogens is 224 g/mol. The Balaban J connectivity index is 2.22. The fourth-order valence-electron chi connectivity index (χ4n) is 1.41. The molecule has 0 N–H and O–H groups in total. The van der Waals surface area contributed by atoms with Crippen LogP contribution in [0.1, 0.15) is 16.1 Å². The van der Waals surface area contributed by atoms with Gasteiger partial charge in [0.05, 0.1) is 12.4 Å². The number of benzene rings is 1. The Bertz CT molecular complexity index is 519. The minimum absolute atomic E-state index is 0.0965. The third-order valence-electron chi connectivity index (χ3n) is 2.31. The number of methoxy groups -OCH3 is 1. The zero-order valence-corrected chi connectivity index (χ0v) is 9.12. The van der Waals surface area contributed by atoms with Crippen molar-refractivity contribution >= 4 is 6.29 Å². The van der Waals surface area contributed by atoms with Crippen LogP contribution in [-0.2, 0) is 6.54 Å². The SMILES string of the molecule is COc1ccc(C[n+]2noc([O-])c2C=O)cc1. The maximum absolute atomic E-state index is 11.1. The van der Waals surface area contributed by atoms with Gasteiger partial charge in [-0.2, -0.15) is 0 Å². The lowest BCUT2D eigenvalue weighted by atomic mass is 10.2. The first-order valence-electron chi connectivity index (χ1n) is 4.89. The minimum Gasteiger partial charge on any atom is -0.539 e. The largest absolute Gasteiger partial charge is 0.539 e. The molecule has 6 heteroatoms. The van der Waals surface area contributed by atoms with Crippen molar-refractivity contribution in [3.8, 4) is 11.7 Å². The molecule has 1 heterocycles. The summed E-state index contributed by atoms with van der Waals surface area (Å²) < 4.78 is 10.6. The van der Waals surface area contributed by atoms with Gasteiger partial charge in [0.2, 0.25) is 12.8 Å². The monoisotopic (exact) mass is 234 g/mol. The maximum atomic E-state index is 11.1. The van der Waals surface area contributed by atoms with Crippen LogP contribution in [-0.4, -0.2) is 18.7 Å². The number of aromatic nitrogens is 2. The molecule has 0 amide bonds. The smallest absolute Gasteiger partial charge is 0.296 e. The molecule has 2 rings (SSSR count). The Kier molecular flexibility index (Phi) is 3.04. The highest BCUT2D eigenvalue weighted by Gasteiger charge is 2.16. The van der Waals surface area contributed by atoms with Gasteiger partial charge in [-0.15, -0.1) is 0 Å². The average molecular weight is 234 g/mol. The first-order valence-corrected chi connectivity index (χ1v) is 4.89. The van der Waals surface area contributed by atoms with E-state index in [0.29, 0.717) is 12.8 Å². The van der Waals surface area contributed by atoms with Crippen molar-refractivity contribution in [2.75, 3.05) is 7.11 Å². The third-order valence-corrected chi connectivity index (χ3v) is 2.31. The summed E-state index contributed by atoms with van der Waals surface area (Å²) in [7, 11) is 1.58. The highest BCUT2D eigenvalue weighted by molar-refractivity contribution is 5.71. The lowest BCUT2D eigenvalue weighted by molar-refractivity contribution is -0.755. The van der Waals surface area contributed by atoms with E-state index in [-0.39, 0.29) is 5.69 Å². The van der Waals surface area contributed by atoms with E-state index < -0.39 is 5.95 Å². The third kappa shape index (κ3) is 2.25. The normalized spacial score (nSPS) is 10.2. The van der Waals surface area contributed by atoms with Gasteiger partial charge >= 0.3 is 0 Å². The summed E-state index contributed by atoms with van der Waals surface area (Å²) in [5.41, 5.74) is 0.785. The van der Waals surface area contributed by atoms with E-state index in [1.54, 1.807) is 19.2 Å². The topological polar surface area (TPSA) is 79.3 Å². The average Bonchev–Trinajstić information content (AvgIpc) is 2.71. The summed E-state index contributed by atoms with van der Waals surface area (Å²) in [4.78, 5) is 10.7. The van der Waals surface area contributed by atoms with E-state index in [9.17, 15) is 9.90 Å². The number of hydrogen-bond acceptors (Lipinski definition) is 5. The summed E-state index contributed by atoms with van der Waals surface area (Å²) >= 11 is 0. The maximum Gasteiger partial charge on any atom is 0.296 e. The lowest BCUT2D eigenvalue weighted by Crippen LogP contribution is -2.40. The van der Waals surface area contributed by atoms with Crippen LogP contribution in [0.3, 0.4) is 0 Å². The minimum atomic E-state index is -0.728. The number of nitrogens with zero attached hydrogens (tertiary/aromatic N) is 2. The van der Waals surface area contributed by atoms with E-state index in [1.165, 1.54) is 4.68 Å². The van der Waals surface area contributed by atoms with Gasteiger partial charge in [-0.1, -0.05) is 4.68 Å². The highest BCUT2D eigenvalue weighted by atomic mass is 16.6. The van der Waals surface area contributed by atoms with Gasteiger partial charge in [0.15, 0.2) is 5.95 Å². The number of aldehydes is 1. The second-order valence-corrected chi connectivity index (χ2v) is 3.37. The molecule has 0 bridgehead atoms.